The van der Waals surface area contributed by atoms with Crippen LogP contribution in [0.3, 0.4) is 0 Å². The lowest BCUT2D eigenvalue weighted by molar-refractivity contribution is 0.591. The summed E-state index contributed by atoms with van der Waals surface area (Å²) in [5.41, 5.74) is 10.5. The second-order valence-electron chi connectivity index (χ2n) is 6.27. The summed E-state index contributed by atoms with van der Waals surface area (Å²) in [6, 6.07) is 8.40. The molecule has 1 aromatic carbocycles. The van der Waals surface area contributed by atoms with Crippen LogP contribution in [0.2, 0.25) is 0 Å². The summed E-state index contributed by atoms with van der Waals surface area (Å²) in [4.78, 5) is 4.68. The van der Waals surface area contributed by atoms with Crippen molar-refractivity contribution in [2.75, 3.05) is 5.73 Å². The number of benzene rings is 1. The third-order valence-corrected chi connectivity index (χ3v) is 3.32. The van der Waals surface area contributed by atoms with Gasteiger partial charge in [-0.1, -0.05) is 40.7 Å². The summed E-state index contributed by atoms with van der Waals surface area (Å²) in [5, 5.41) is 1.06. The number of hydrogen-bond acceptors (Lipinski definition) is 2. The molecule has 0 radical (unpaired) electrons. The molecule has 1 heterocycles. The molecule has 2 N–H and O–H groups in total. The number of hydrogen-bond donors (Lipinski definition) is 1. The van der Waals surface area contributed by atoms with Crippen molar-refractivity contribution in [3.8, 4) is 0 Å². The quantitative estimate of drug-likeness (QED) is 0.812. The molecule has 18 heavy (non-hydrogen) atoms. The van der Waals surface area contributed by atoms with E-state index in [4.69, 9.17) is 5.73 Å². The van der Waals surface area contributed by atoms with Gasteiger partial charge in [-0.25, -0.2) is 0 Å². The van der Waals surface area contributed by atoms with E-state index < -0.39 is 0 Å². The fraction of sp³-hybridized carbons (Fsp3) is 0.438. The topological polar surface area (TPSA) is 38.9 Å². The highest BCUT2D eigenvalue weighted by Gasteiger charge is 2.15. The normalized spacial score (nSPS) is 12.3. The minimum absolute atomic E-state index is 0.136. The molecule has 0 bridgehead atoms. The monoisotopic (exact) mass is 242 g/mol. The Labute approximate surface area is 109 Å². The lowest BCUT2D eigenvalue weighted by Gasteiger charge is -2.20. The van der Waals surface area contributed by atoms with Crippen molar-refractivity contribution in [2.45, 2.75) is 46.0 Å². The van der Waals surface area contributed by atoms with Crippen molar-refractivity contribution >= 4 is 16.6 Å². The summed E-state index contributed by atoms with van der Waals surface area (Å²) in [5.74, 6) is 0.402. The highest BCUT2D eigenvalue weighted by molar-refractivity contribution is 5.91. The fourth-order valence-corrected chi connectivity index (χ4v) is 2.04. The van der Waals surface area contributed by atoms with E-state index in [0.29, 0.717) is 5.92 Å². The number of anilines is 1. The predicted molar refractivity (Wildman–Crippen MR) is 78.9 cm³/mol. The minimum Gasteiger partial charge on any atom is -0.398 e. The summed E-state index contributed by atoms with van der Waals surface area (Å²) in [6.07, 6.45) is 0. The lowest BCUT2D eigenvalue weighted by atomic mass is 9.86. The van der Waals surface area contributed by atoms with Crippen LogP contribution in [0, 0.1) is 0 Å². The van der Waals surface area contributed by atoms with Crippen molar-refractivity contribution in [1.29, 1.82) is 0 Å². The zero-order valence-electron chi connectivity index (χ0n) is 11.9. The largest absolute Gasteiger partial charge is 0.398 e. The van der Waals surface area contributed by atoms with E-state index >= 15 is 0 Å². The standard InChI is InChI=1S/C16H22N2/c1-10(2)15-9-13(17)12-8-11(16(3,4)5)6-7-14(12)18-15/h6-10H,1-5H3,(H2,17,18). The smallest absolute Gasteiger partial charge is 0.0726 e. The predicted octanol–water partition coefficient (Wildman–Crippen LogP) is 4.24. The van der Waals surface area contributed by atoms with Gasteiger partial charge >= 0.3 is 0 Å². The summed E-state index contributed by atoms with van der Waals surface area (Å²) >= 11 is 0. The Bertz CT molecular complexity index is 577. The van der Waals surface area contributed by atoms with Crippen LogP contribution in [0.1, 0.15) is 51.8 Å². The van der Waals surface area contributed by atoms with Crippen LogP contribution >= 0.6 is 0 Å². The maximum atomic E-state index is 6.17. The van der Waals surface area contributed by atoms with Crippen molar-refractivity contribution in [3.63, 3.8) is 0 Å². The second-order valence-corrected chi connectivity index (χ2v) is 6.27. The van der Waals surface area contributed by atoms with Crippen LogP contribution < -0.4 is 5.73 Å². The molecule has 0 fully saturated rings. The zero-order chi connectivity index (χ0) is 13.5. The molecule has 0 aliphatic heterocycles. The number of pyridine rings is 1. The Morgan fingerprint density at radius 3 is 2.33 bits per heavy atom. The van der Waals surface area contributed by atoms with Gasteiger partial charge in [0.05, 0.1) is 5.52 Å². The molecule has 2 nitrogen and oxygen atoms in total. The molecular formula is C16H22N2. The van der Waals surface area contributed by atoms with E-state index in [2.05, 4.69) is 57.8 Å². The average molecular weight is 242 g/mol. The Morgan fingerprint density at radius 2 is 1.78 bits per heavy atom. The van der Waals surface area contributed by atoms with Gasteiger partial charge in [0, 0.05) is 16.8 Å². The van der Waals surface area contributed by atoms with Gasteiger partial charge in [0.1, 0.15) is 0 Å². The van der Waals surface area contributed by atoms with Crippen LogP contribution in [0.4, 0.5) is 5.69 Å². The van der Waals surface area contributed by atoms with Gasteiger partial charge in [-0.2, -0.15) is 0 Å². The van der Waals surface area contributed by atoms with Crippen LogP contribution in [0.25, 0.3) is 10.9 Å². The van der Waals surface area contributed by atoms with E-state index in [-0.39, 0.29) is 5.41 Å². The molecule has 96 valence electrons. The first kappa shape index (κ1) is 12.9. The molecule has 0 unspecified atom stereocenters. The molecule has 2 rings (SSSR count). The van der Waals surface area contributed by atoms with Crippen LogP contribution in [0.15, 0.2) is 24.3 Å². The van der Waals surface area contributed by atoms with Gasteiger partial charge in [0.15, 0.2) is 0 Å². The van der Waals surface area contributed by atoms with Gasteiger partial charge in [0.2, 0.25) is 0 Å². The average Bonchev–Trinajstić information content (AvgIpc) is 2.27. The zero-order valence-corrected chi connectivity index (χ0v) is 11.9. The Balaban J connectivity index is 2.66. The molecule has 0 saturated heterocycles. The molecule has 0 aliphatic rings. The number of aromatic nitrogens is 1. The molecule has 2 aromatic rings. The first-order chi connectivity index (χ1) is 8.29. The van der Waals surface area contributed by atoms with Gasteiger partial charge in [-0.05, 0) is 35.1 Å². The molecule has 0 spiro atoms. The molecular weight excluding hydrogens is 220 g/mol. The van der Waals surface area contributed by atoms with Crippen molar-refractivity contribution in [1.82, 2.24) is 4.98 Å². The van der Waals surface area contributed by atoms with Gasteiger partial charge in [0.25, 0.3) is 0 Å². The Hall–Kier alpha value is -1.57. The Morgan fingerprint density at radius 1 is 1.11 bits per heavy atom. The number of nitrogens with zero attached hydrogens (tertiary/aromatic N) is 1. The first-order valence-corrected chi connectivity index (χ1v) is 6.49. The van der Waals surface area contributed by atoms with E-state index in [1.807, 2.05) is 6.07 Å². The van der Waals surface area contributed by atoms with E-state index in [9.17, 15) is 0 Å². The molecule has 0 saturated carbocycles. The van der Waals surface area contributed by atoms with Gasteiger partial charge in [-0.15, -0.1) is 0 Å². The van der Waals surface area contributed by atoms with Crippen molar-refractivity contribution < 1.29 is 0 Å². The number of fused-ring (bicyclic) bond motifs is 1. The lowest BCUT2D eigenvalue weighted by Crippen LogP contribution is -2.11. The molecule has 0 atom stereocenters. The maximum absolute atomic E-state index is 6.17. The minimum atomic E-state index is 0.136. The van der Waals surface area contributed by atoms with E-state index in [1.54, 1.807) is 0 Å². The molecule has 2 heteroatoms. The number of nitrogens with two attached hydrogens (primary N) is 1. The van der Waals surface area contributed by atoms with Crippen LogP contribution in [-0.2, 0) is 5.41 Å². The highest BCUT2D eigenvalue weighted by Crippen LogP contribution is 2.29. The SMILES string of the molecule is CC(C)c1cc(N)c2cc(C(C)(C)C)ccc2n1. The van der Waals surface area contributed by atoms with Crippen LogP contribution in [0.5, 0.6) is 0 Å². The van der Waals surface area contributed by atoms with E-state index in [1.165, 1.54) is 5.56 Å². The summed E-state index contributed by atoms with van der Waals surface area (Å²) < 4.78 is 0. The second kappa shape index (κ2) is 4.27. The molecule has 0 aliphatic carbocycles. The number of nitrogen functional groups attached to an aromatic ring is 1. The maximum Gasteiger partial charge on any atom is 0.0726 e. The third-order valence-electron chi connectivity index (χ3n) is 3.32. The molecule has 1 aromatic heterocycles. The fourth-order valence-electron chi connectivity index (χ4n) is 2.04. The van der Waals surface area contributed by atoms with Gasteiger partial charge < -0.3 is 5.73 Å². The highest BCUT2D eigenvalue weighted by atomic mass is 14.7. The Kier molecular flexibility index (Phi) is 3.05. The summed E-state index contributed by atoms with van der Waals surface area (Å²) in [7, 11) is 0. The van der Waals surface area contributed by atoms with Gasteiger partial charge in [-0.3, -0.25) is 4.98 Å². The van der Waals surface area contributed by atoms with Crippen molar-refractivity contribution in [2.24, 2.45) is 0 Å². The first-order valence-electron chi connectivity index (χ1n) is 6.49. The third kappa shape index (κ3) is 2.33. The number of rotatable bonds is 1. The molecule has 0 amide bonds. The van der Waals surface area contributed by atoms with Crippen molar-refractivity contribution in [3.05, 3.63) is 35.5 Å². The summed E-state index contributed by atoms with van der Waals surface area (Å²) in [6.45, 7) is 10.9. The van der Waals surface area contributed by atoms with Crippen LogP contribution in [-0.4, -0.2) is 4.98 Å². The van der Waals surface area contributed by atoms with E-state index in [0.717, 1.165) is 22.3 Å².